The first kappa shape index (κ1) is 17.7. The fourth-order valence-corrected chi connectivity index (χ4v) is 3.48. The fourth-order valence-electron chi connectivity index (χ4n) is 3.02. The summed E-state index contributed by atoms with van der Waals surface area (Å²) in [5, 5.41) is 17.7. The van der Waals surface area contributed by atoms with Gasteiger partial charge in [0.15, 0.2) is 5.76 Å². The molecule has 0 spiro atoms. The third-order valence-electron chi connectivity index (χ3n) is 4.27. The van der Waals surface area contributed by atoms with E-state index in [1.165, 1.54) is 23.7 Å². The van der Waals surface area contributed by atoms with Crippen LogP contribution in [-0.2, 0) is 6.54 Å². The molecule has 25 heavy (non-hydrogen) atoms. The van der Waals surface area contributed by atoms with E-state index < -0.39 is 4.92 Å². The van der Waals surface area contributed by atoms with Crippen LogP contribution in [0.4, 0.5) is 5.82 Å². The zero-order valence-electron chi connectivity index (χ0n) is 13.6. The normalized spacial score (nSPS) is 15.7. The number of carbonyl (C=O) groups excluding carboxylic acids is 1. The van der Waals surface area contributed by atoms with E-state index >= 15 is 0 Å². The molecule has 2 heterocycles. The van der Waals surface area contributed by atoms with Gasteiger partial charge in [0.2, 0.25) is 0 Å². The summed E-state index contributed by atoms with van der Waals surface area (Å²) in [7, 11) is 0. The number of rotatable bonds is 5. The summed E-state index contributed by atoms with van der Waals surface area (Å²) in [5.74, 6) is 0.291. The summed E-state index contributed by atoms with van der Waals surface area (Å²) in [6.45, 7) is 0.211. The van der Waals surface area contributed by atoms with Crippen LogP contribution >= 0.6 is 15.9 Å². The quantitative estimate of drug-likeness (QED) is 0.460. The molecule has 0 atom stereocenters. The molecule has 134 valence electrons. The van der Waals surface area contributed by atoms with Crippen molar-refractivity contribution in [2.24, 2.45) is 0 Å². The molecule has 1 aliphatic rings. The first-order valence-electron chi connectivity index (χ1n) is 8.30. The summed E-state index contributed by atoms with van der Waals surface area (Å²) >= 11 is 3.10. The Hall–Kier alpha value is -2.16. The monoisotopic (exact) mass is 410 g/mol. The average molecular weight is 411 g/mol. The van der Waals surface area contributed by atoms with Gasteiger partial charge in [-0.25, -0.2) is 0 Å². The van der Waals surface area contributed by atoms with Crippen LogP contribution in [-0.4, -0.2) is 26.7 Å². The third kappa shape index (κ3) is 4.47. The second-order valence-corrected chi connectivity index (χ2v) is 7.04. The summed E-state index contributed by atoms with van der Waals surface area (Å²) < 4.78 is 7.27. The van der Waals surface area contributed by atoms with Gasteiger partial charge < -0.3 is 19.8 Å². The Morgan fingerprint density at radius 3 is 2.72 bits per heavy atom. The van der Waals surface area contributed by atoms with Gasteiger partial charge in [-0.15, -0.1) is 0 Å². The molecule has 2 aromatic heterocycles. The van der Waals surface area contributed by atoms with Gasteiger partial charge in [-0.05, 0) is 45.8 Å². The van der Waals surface area contributed by atoms with Gasteiger partial charge in [-0.3, -0.25) is 4.79 Å². The van der Waals surface area contributed by atoms with Crippen LogP contribution in [0.1, 0.15) is 54.8 Å². The van der Waals surface area contributed by atoms with Crippen molar-refractivity contribution in [3.05, 3.63) is 44.4 Å². The second-order valence-electron chi connectivity index (χ2n) is 6.18. The van der Waals surface area contributed by atoms with Crippen molar-refractivity contribution >= 4 is 27.7 Å². The van der Waals surface area contributed by atoms with Crippen molar-refractivity contribution in [1.82, 2.24) is 15.1 Å². The van der Waals surface area contributed by atoms with E-state index in [0.717, 1.165) is 25.7 Å². The molecule has 3 rings (SSSR count). The Labute approximate surface area is 152 Å². The van der Waals surface area contributed by atoms with E-state index in [1.54, 1.807) is 12.1 Å². The van der Waals surface area contributed by atoms with Crippen molar-refractivity contribution in [1.29, 1.82) is 0 Å². The maximum Gasteiger partial charge on any atom is 0.404 e. The van der Waals surface area contributed by atoms with E-state index in [4.69, 9.17) is 4.42 Å². The summed E-state index contributed by atoms with van der Waals surface area (Å²) in [6.07, 6.45) is 8.24. The van der Waals surface area contributed by atoms with Gasteiger partial charge in [-0.2, -0.15) is 4.68 Å². The molecule has 0 unspecified atom stereocenters. The van der Waals surface area contributed by atoms with Crippen molar-refractivity contribution in [3.63, 3.8) is 0 Å². The largest absolute Gasteiger partial charge is 0.454 e. The number of nitrogens with one attached hydrogen (secondary N) is 1. The maximum absolute atomic E-state index is 12.3. The topological polar surface area (TPSA) is 103 Å². The van der Waals surface area contributed by atoms with Crippen LogP contribution in [0, 0.1) is 10.1 Å². The Kier molecular flexibility index (Phi) is 5.52. The van der Waals surface area contributed by atoms with E-state index in [1.807, 2.05) is 0 Å². The minimum atomic E-state index is -0.561. The maximum atomic E-state index is 12.3. The molecule has 1 aliphatic carbocycles. The molecular weight excluding hydrogens is 392 g/mol. The zero-order chi connectivity index (χ0) is 17.8. The molecular formula is C16H19BrN4O4. The minimum absolute atomic E-state index is 0.202. The highest BCUT2D eigenvalue weighted by atomic mass is 79.9. The smallest absolute Gasteiger partial charge is 0.404 e. The third-order valence-corrected chi connectivity index (χ3v) is 4.83. The second kappa shape index (κ2) is 7.81. The molecule has 1 N–H and O–H groups in total. The van der Waals surface area contributed by atoms with Crippen LogP contribution in [0.3, 0.4) is 0 Å². The molecule has 0 saturated heterocycles. The highest BCUT2D eigenvalue weighted by Crippen LogP contribution is 2.23. The Morgan fingerprint density at radius 1 is 1.36 bits per heavy atom. The first-order chi connectivity index (χ1) is 12.0. The van der Waals surface area contributed by atoms with E-state index in [2.05, 4.69) is 26.3 Å². The summed E-state index contributed by atoms with van der Waals surface area (Å²) in [5.41, 5.74) is 0. The van der Waals surface area contributed by atoms with Crippen LogP contribution < -0.4 is 5.32 Å². The van der Waals surface area contributed by atoms with Gasteiger partial charge in [0.1, 0.15) is 16.8 Å². The lowest BCUT2D eigenvalue weighted by Gasteiger charge is -2.14. The van der Waals surface area contributed by atoms with Gasteiger partial charge >= 0.3 is 5.82 Å². The Morgan fingerprint density at radius 2 is 2.08 bits per heavy atom. The van der Waals surface area contributed by atoms with Gasteiger partial charge in [0, 0.05) is 6.04 Å². The summed E-state index contributed by atoms with van der Waals surface area (Å²) in [6, 6.07) is 3.51. The van der Waals surface area contributed by atoms with Gasteiger partial charge in [0.25, 0.3) is 5.91 Å². The SMILES string of the molecule is O=C(NC1CCCCCC1)c1ccc(Cn2cc(Br)c([N+](=O)[O-])n2)o1. The fraction of sp³-hybridized carbons (Fsp3) is 0.500. The van der Waals surface area contributed by atoms with Gasteiger partial charge in [-0.1, -0.05) is 25.7 Å². The number of aromatic nitrogens is 2. The van der Waals surface area contributed by atoms with E-state index in [9.17, 15) is 14.9 Å². The highest BCUT2D eigenvalue weighted by molar-refractivity contribution is 9.10. The number of carbonyl (C=O) groups is 1. The lowest BCUT2D eigenvalue weighted by Crippen LogP contribution is -2.34. The number of hydrogen-bond donors (Lipinski definition) is 1. The van der Waals surface area contributed by atoms with Crippen LogP contribution in [0.25, 0.3) is 0 Å². The van der Waals surface area contributed by atoms with Crippen molar-refractivity contribution in [3.8, 4) is 0 Å². The number of amides is 1. The predicted molar refractivity (Wildman–Crippen MR) is 93.3 cm³/mol. The van der Waals surface area contributed by atoms with Crippen molar-refractivity contribution in [2.45, 2.75) is 51.1 Å². The molecule has 1 fully saturated rings. The number of halogens is 1. The molecule has 0 radical (unpaired) electrons. The molecule has 0 aliphatic heterocycles. The van der Waals surface area contributed by atoms with Crippen molar-refractivity contribution < 1.29 is 14.1 Å². The van der Waals surface area contributed by atoms with E-state index in [-0.39, 0.29) is 30.1 Å². The Balaban J connectivity index is 1.62. The van der Waals surface area contributed by atoms with Crippen LogP contribution in [0.5, 0.6) is 0 Å². The van der Waals surface area contributed by atoms with Crippen LogP contribution in [0.2, 0.25) is 0 Å². The number of nitro groups is 1. The number of nitrogens with zero attached hydrogens (tertiary/aromatic N) is 3. The minimum Gasteiger partial charge on any atom is -0.454 e. The predicted octanol–water partition coefficient (Wildman–Crippen LogP) is 3.65. The molecule has 9 heteroatoms. The first-order valence-corrected chi connectivity index (χ1v) is 9.09. The molecule has 8 nitrogen and oxygen atoms in total. The lowest BCUT2D eigenvalue weighted by atomic mass is 10.1. The van der Waals surface area contributed by atoms with E-state index in [0.29, 0.717) is 10.2 Å². The molecule has 2 aromatic rings. The number of furan rings is 1. The molecule has 0 aromatic carbocycles. The average Bonchev–Trinajstić information content (AvgIpc) is 3.08. The standard InChI is InChI=1S/C16H19BrN4O4/c17-13-10-20(19-15(13)21(23)24)9-12-7-8-14(25-12)16(22)18-11-5-3-1-2-4-6-11/h7-8,10-11H,1-6,9H2,(H,18,22). The summed E-state index contributed by atoms with van der Waals surface area (Å²) in [4.78, 5) is 22.6. The molecule has 0 bridgehead atoms. The van der Waals surface area contributed by atoms with Crippen LogP contribution in [0.15, 0.2) is 27.2 Å². The Bertz CT molecular complexity index is 762. The number of hydrogen-bond acceptors (Lipinski definition) is 5. The lowest BCUT2D eigenvalue weighted by molar-refractivity contribution is -0.390. The zero-order valence-corrected chi connectivity index (χ0v) is 15.2. The highest BCUT2D eigenvalue weighted by Gasteiger charge is 2.21. The van der Waals surface area contributed by atoms with Gasteiger partial charge in [0.05, 0.1) is 11.3 Å². The molecule has 1 saturated carbocycles. The van der Waals surface area contributed by atoms with Crippen molar-refractivity contribution in [2.75, 3.05) is 0 Å². The molecule has 1 amide bonds.